The molecule has 0 amide bonds. The normalized spacial score (nSPS) is 20.5. The zero-order chi connectivity index (χ0) is 13.1. The molecular weight excluding hydrogens is 274 g/mol. The maximum atomic E-state index is 5.49. The fourth-order valence-electron chi connectivity index (χ4n) is 2.49. The third kappa shape index (κ3) is 3.91. The van der Waals surface area contributed by atoms with Crippen molar-refractivity contribution in [2.24, 2.45) is 5.92 Å². The molecule has 1 aromatic heterocycles. The highest BCUT2D eigenvalue weighted by atomic mass is 32.1. The molecule has 1 saturated heterocycles. The van der Waals surface area contributed by atoms with Gasteiger partial charge in [0.15, 0.2) is 5.11 Å². The van der Waals surface area contributed by atoms with Crippen LogP contribution in [0.3, 0.4) is 0 Å². The highest BCUT2D eigenvalue weighted by Crippen LogP contribution is 2.29. The van der Waals surface area contributed by atoms with Gasteiger partial charge in [0.1, 0.15) is 0 Å². The molecule has 0 atom stereocenters. The van der Waals surface area contributed by atoms with E-state index in [0.29, 0.717) is 0 Å². The van der Waals surface area contributed by atoms with Crippen molar-refractivity contribution in [2.45, 2.75) is 19.4 Å². The van der Waals surface area contributed by atoms with Crippen molar-refractivity contribution in [3.63, 3.8) is 0 Å². The first-order valence-corrected chi connectivity index (χ1v) is 8.37. The van der Waals surface area contributed by atoms with Gasteiger partial charge in [-0.2, -0.15) is 0 Å². The van der Waals surface area contributed by atoms with Gasteiger partial charge in [0, 0.05) is 37.6 Å². The Bertz CT molecular complexity index is 406. The van der Waals surface area contributed by atoms with Gasteiger partial charge in [-0.25, -0.2) is 0 Å². The first-order chi connectivity index (χ1) is 9.31. The van der Waals surface area contributed by atoms with Gasteiger partial charge in [0.25, 0.3) is 0 Å². The molecule has 1 saturated carbocycles. The van der Waals surface area contributed by atoms with Gasteiger partial charge in [-0.05, 0) is 42.4 Å². The van der Waals surface area contributed by atoms with E-state index < -0.39 is 0 Å². The minimum Gasteiger partial charge on any atom is -0.358 e. The Hall–Kier alpha value is -0.650. The van der Waals surface area contributed by atoms with E-state index in [-0.39, 0.29) is 0 Å². The second-order valence-electron chi connectivity index (χ2n) is 5.47. The van der Waals surface area contributed by atoms with Crippen molar-refractivity contribution in [2.75, 3.05) is 32.7 Å². The Kier molecular flexibility index (Phi) is 4.35. The van der Waals surface area contributed by atoms with Gasteiger partial charge >= 0.3 is 0 Å². The molecule has 2 heterocycles. The van der Waals surface area contributed by atoms with Crippen LogP contribution in [-0.2, 0) is 6.54 Å². The van der Waals surface area contributed by atoms with Crippen molar-refractivity contribution in [3.05, 3.63) is 22.4 Å². The summed E-state index contributed by atoms with van der Waals surface area (Å²) >= 11 is 7.26. The molecule has 1 aliphatic carbocycles. The monoisotopic (exact) mass is 295 g/mol. The van der Waals surface area contributed by atoms with Crippen LogP contribution in [0, 0.1) is 5.92 Å². The first-order valence-electron chi connectivity index (χ1n) is 7.09. The molecule has 0 spiro atoms. The Labute approximate surface area is 124 Å². The van der Waals surface area contributed by atoms with E-state index in [4.69, 9.17) is 12.2 Å². The van der Waals surface area contributed by atoms with Crippen LogP contribution >= 0.6 is 23.6 Å². The lowest BCUT2D eigenvalue weighted by molar-refractivity contribution is 0.175. The number of hydrogen-bond acceptors (Lipinski definition) is 3. The number of rotatable bonds is 4. The van der Waals surface area contributed by atoms with Gasteiger partial charge in [0.05, 0.1) is 6.54 Å². The van der Waals surface area contributed by atoms with Crippen LogP contribution in [0.2, 0.25) is 0 Å². The summed E-state index contributed by atoms with van der Waals surface area (Å²) in [6, 6.07) is 4.23. The summed E-state index contributed by atoms with van der Waals surface area (Å²) in [6.07, 6.45) is 2.89. The average Bonchev–Trinajstić information content (AvgIpc) is 3.09. The van der Waals surface area contributed by atoms with Crippen LogP contribution in [0.5, 0.6) is 0 Å². The summed E-state index contributed by atoms with van der Waals surface area (Å²) < 4.78 is 0. The number of nitrogens with one attached hydrogen (secondary N) is 1. The predicted molar refractivity (Wildman–Crippen MR) is 84.5 cm³/mol. The molecule has 2 fully saturated rings. The van der Waals surface area contributed by atoms with E-state index in [9.17, 15) is 0 Å². The quantitative estimate of drug-likeness (QED) is 0.858. The topological polar surface area (TPSA) is 18.5 Å². The maximum Gasteiger partial charge on any atom is 0.169 e. The lowest BCUT2D eigenvalue weighted by Crippen LogP contribution is -2.51. The Balaban J connectivity index is 1.38. The van der Waals surface area contributed by atoms with Crippen LogP contribution < -0.4 is 5.32 Å². The average molecular weight is 295 g/mol. The lowest BCUT2D eigenvalue weighted by Gasteiger charge is -2.36. The molecule has 3 nitrogen and oxygen atoms in total. The Morgan fingerprint density at radius 1 is 1.32 bits per heavy atom. The number of thiocarbonyl (C=S) groups is 1. The zero-order valence-corrected chi connectivity index (χ0v) is 12.8. The molecular formula is C14H21N3S2. The fraction of sp³-hybridized carbons (Fsp3) is 0.643. The number of thiophene rings is 1. The van der Waals surface area contributed by atoms with E-state index in [1.54, 1.807) is 11.3 Å². The zero-order valence-electron chi connectivity index (χ0n) is 11.2. The molecule has 0 aromatic carbocycles. The van der Waals surface area contributed by atoms with E-state index in [2.05, 4.69) is 32.6 Å². The molecule has 1 aromatic rings. The van der Waals surface area contributed by atoms with Crippen LogP contribution in [0.25, 0.3) is 0 Å². The number of piperazine rings is 1. The third-order valence-corrected chi connectivity index (χ3v) is 5.15. The van der Waals surface area contributed by atoms with Gasteiger partial charge in [-0.15, -0.1) is 11.3 Å². The molecule has 3 rings (SSSR count). The molecule has 1 N–H and O–H groups in total. The van der Waals surface area contributed by atoms with E-state index in [1.165, 1.54) is 24.3 Å². The summed E-state index contributed by atoms with van der Waals surface area (Å²) in [6.45, 7) is 6.64. The van der Waals surface area contributed by atoms with Crippen molar-refractivity contribution < 1.29 is 0 Å². The van der Waals surface area contributed by atoms with Crippen LogP contribution in [0.15, 0.2) is 17.5 Å². The molecule has 0 radical (unpaired) electrons. The fourth-order valence-corrected chi connectivity index (χ4v) is 3.39. The Morgan fingerprint density at radius 3 is 2.74 bits per heavy atom. The summed E-state index contributed by atoms with van der Waals surface area (Å²) in [4.78, 5) is 6.25. The number of hydrogen-bond donors (Lipinski definition) is 1. The summed E-state index contributed by atoms with van der Waals surface area (Å²) in [5, 5.41) is 6.40. The lowest BCUT2D eigenvalue weighted by atomic mass is 10.3. The minimum absolute atomic E-state index is 0.860. The van der Waals surface area contributed by atoms with Crippen molar-refractivity contribution in [1.29, 1.82) is 0 Å². The van der Waals surface area contributed by atoms with E-state index in [1.807, 2.05) is 0 Å². The highest BCUT2D eigenvalue weighted by Gasteiger charge is 2.26. The molecule has 1 aliphatic heterocycles. The second kappa shape index (κ2) is 6.20. The predicted octanol–water partition coefficient (Wildman–Crippen LogP) is 2.15. The minimum atomic E-state index is 0.860. The van der Waals surface area contributed by atoms with Crippen LogP contribution in [0.1, 0.15) is 17.7 Å². The largest absolute Gasteiger partial charge is 0.358 e. The molecule has 5 heteroatoms. The SMILES string of the molecule is S=C(NCc1cccs1)N1CCN(CC2CC2)CC1. The van der Waals surface area contributed by atoms with E-state index in [0.717, 1.165) is 43.8 Å². The molecule has 19 heavy (non-hydrogen) atoms. The maximum absolute atomic E-state index is 5.49. The van der Waals surface area contributed by atoms with Gasteiger partial charge in [-0.3, -0.25) is 4.90 Å². The third-order valence-electron chi connectivity index (χ3n) is 3.87. The Morgan fingerprint density at radius 2 is 2.11 bits per heavy atom. The molecule has 2 aliphatic rings. The van der Waals surface area contributed by atoms with Gasteiger partial charge in [-0.1, -0.05) is 6.07 Å². The first kappa shape index (κ1) is 13.3. The van der Waals surface area contributed by atoms with E-state index >= 15 is 0 Å². The van der Waals surface area contributed by atoms with Gasteiger partial charge in [0.2, 0.25) is 0 Å². The van der Waals surface area contributed by atoms with Crippen molar-refractivity contribution in [3.8, 4) is 0 Å². The molecule has 104 valence electrons. The van der Waals surface area contributed by atoms with Crippen molar-refractivity contribution >= 4 is 28.7 Å². The molecule has 0 bridgehead atoms. The van der Waals surface area contributed by atoms with Crippen LogP contribution in [-0.4, -0.2) is 47.6 Å². The summed E-state index contributed by atoms with van der Waals surface area (Å²) in [5.41, 5.74) is 0. The second-order valence-corrected chi connectivity index (χ2v) is 6.89. The number of nitrogens with zero attached hydrogens (tertiary/aromatic N) is 2. The summed E-state index contributed by atoms with van der Waals surface area (Å²) in [7, 11) is 0. The standard InChI is InChI=1S/C14H21N3S2/c18-14(15-10-13-2-1-9-19-13)17-7-5-16(6-8-17)11-12-3-4-12/h1-2,9,12H,3-8,10-11H2,(H,15,18). The van der Waals surface area contributed by atoms with Crippen molar-refractivity contribution in [1.82, 2.24) is 15.1 Å². The van der Waals surface area contributed by atoms with Crippen LogP contribution in [0.4, 0.5) is 0 Å². The molecule has 0 unspecified atom stereocenters. The summed E-state index contributed by atoms with van der Waals surface area (Å²) in [5.74, 6) is 0.996. The smallest absolute Gasteiger partial charge is 0.169 e. The highest BCUT2D eigenvalue weighted by molar-refractivity contribution is 7.80. The van der Waals surface area contributed by atoms with Gasteiger partial charge < -0.3 is 10.2 Å².